The molecule has 0 saturated carbocycles. The summed E-state index contributed by atoms with van der Waals surface area (Å²) in [5.74, 6) is 4.83. The van der Waals surface area contributed by atoms with E-state index in [-0.39, 0.29) is 11.8 Å². The molecule has 0 aliphatic carbocycles. The number of hydrazine groups is 1. The van der Waals surface area contributed by atoms with Gasteiger partial charge in [-0.2, -0.15) is 4.98 Å². The number of nitrogens with zero attached hydrogens (tertiary/aromatic N) is 2. The molecule has 0 radical (unpaired) electrons. The fraction of sp³-hybridized carbons (Fsp3) is 0.0909. The molecular formula is C11H11ClFN5. The minimum absolute atomic E-state index is 0.0814. The average molecular weight is 268 g/mol. The first-order valence-electron chi connectivity index (χ1n) is 5.16. The molecule has 0 aliphatic rings. The van der Waals surface area contributed by atoms with E-state index in [1.807, 2.05) is 12.1 Å². The van der Waals surface area contributed by atoms with Gasteiger partial charge in [-0.25, -0.2) is 15.2 Å². The number of halogens is 2. The first-order valence-corrected chi connectivity index (χ1v) is 5.54. The highest BCUT2D eigenvalue weighted by atomic mass is 35.5. The van der Waals surface area contributed by atoms with Crippen LogP contribution in [0.5, 0.6) is 0 Å². The van der Waals surface area contributed by atoms with E-state index in [4.69, 9.17) is 17.4 Å². The minimum Gasteiger partial charge on any atom is -0.363 e. The van der Waals surface area contributed by atoms with Crippen LogP contribution >= 0.6 is 11.6 Å². The largest absolute Gasteiger partial charge is 0.363 e. The predicted octanol–water partition coefficient (Wildman–Crippen LogP) is 2.17. The molecule has 0 amide bonds. The van der Waals surface area contributed by atoms with Gasteiger partial charge in [0.2, 0.25) is 5.95 Å². The van der Waals surface area contributed by atoms with E-state index < -0.39 is 5.82 Å². The molecule has 0 saturated heterocycles. The van der Waals surface area contributed by atoms with E-state index in [0.717, 1.165) is 11.8 Å². The summed E-state index contributed by atoms with van der Waals surface area (Å²) in [5, 5.41) is 3.48. The monoisotopic (exact) mass is 267 g/mol. The molecule has 2 rings (SSSR count). The van der Waals surface area contributed by atoms with Crippen LogP contribution in [0.25, 0.3) is 0 Å². The lowest BCUT2D eigenvalue weighted by Gasteiger charge is -2.08. The standard InChI is InChI=1S/C11H11ClFN5/c12-8-3-1-2-7(4-8)5-15-10-9(13)6-16-11(17-10)18-14/h1-4,6H,5,14H2,(H2,15,16,17,18). The zero-order valence-corrected chi connectivity index (χ0v) is 10.1. The Morgan fingerprint density at radius 3 is 2.94 bits per heavy atom. The van der Waals surface area contributed by atoms with Crippen LogP contribution in [0.1, 0.15) is 5.56 Å². The third-order valence-electron chi connectivity index (χ3n) is 2.22. The Bertz CT molecular complexity index is 549. The van der Waals surface area contributed by atoms with E-state index in [0.29, 0.717) is 11.6 Å². The van der Waals surface area contributed by atoms with Gasteiger partial charge in [0.25, 0.3) is 0 Å². The molecule has 0 atom stereocenters. The summed E-state index contributed by atoms with van der Waals surface area (Å²) >= 11 is 5.85. The molecule has 0 unspecified atom stereocenters. The molecule has 2 aromatic rings. The van der Waals surface area contributed by atoms with Crippen LogP contribution < -0.4 is 16.6 Å². The zero-order valence-electron chi connectivity index (χ0n) is 9.32. The smallest absolute Gasteiger partial charge is 0.239 e. The Balaban J connectivity index is 2.10. The van der Waals surface area contributed by atoms with Crippen molar-refractivity contribution < 1.29 is 4.39 Å². The molecule has 0 spiro atoms. The Labute approximate surface area is 108 Å². The molecule has 0 aliphatic heterocycles. The second-order valence-electron chi connectivity index (χ2n) is 3.52. The van der Waals surface area contributed by atoms with Gasteiger partial charge in [0.1, 0.15) is 0 Å². The molecule has 1 aromatic heterocycles. The number of hydrogen-bond acceptors (Lipinski definition) is 5. The Morgan fingerprint density at radius 1 is 1.39 bits per heavy atom. The molecule has 0 bridgehead atoms. The van der Waals surface area contributed by atoms with Gasteiger partial charge in [0.05, 0.1) is 6.20 Å². The molecule has 7 heteroatoms. The summed E-state index contributed by atoms with van der Waals surface area (Å²) in [6, 6.07) is 7.26. The molecule has 0 fully saturated rings. The van der Waals surface area contributed by atoms with Crippen LogP contribution in [0.3, 0.4) is 0 Å². The lowest BCUT2D eigenvalue weighted by Crippen LogP contribution is -2.13. The van der Waals surface area contributed by atoms with Crippen LogP contribution in [0.4, 0.5) is 16.2 Å². The summed E-state index contributed by atoms with van der Waals surface area (Å²) in [6.45, 7) is 0.401. The SMILES string of the molecule is NNc1ncc(F)c(NCc2cccc(Cl)c2)n1. The van der Waals surface area contributed by atoms with Crippen LogP contribution in [-0.4, -0.2) is 9.97 Å². The lowest BCUT2D eigenvalue weighted by atomic mass is 10.2. The fourth-order valence-electron chi connectivity index (χ4n) is 1.39. The molecule has 4 N–H and O–H groups in total. The maximum absolute atomic E-state index is 13.4. The lowest BCUT2D eigenvalue weighted by molar-refractivity contribution is 0.617. The number of rotatable bonds is 4. The van der Waals surface area contributed by atoms with Crippen molar-refractivity contribution in [3.8, 4) is 0 Å². The normalized spacial score (nSPS) is 10.2. The van der Waals surface area contributed by atoms with Crippen molar-refractivity contribution in [2.75, 3.05) is 10.7 Å². The van der Waals surface area contributed by atoms with Gasteiger partial charge in [0.15, 0.2) is 11.6 Å². The molecule has 94 valence electrons. The minimum atomic E-state index is -0.545. The zero-order chi connectivity index (χ0) is 13.0. The quantitative estimate of drug-likeness (QED) is 0.585. The van der Waals surface area contributed by atoms with E-state index in [9.17, 15) is 4.39 Å². The molecule has 18 heavy (non-hydrogen) atoms. The third kappa shape index (κ3) is 3.06. The summed E-state index contributed by atoms with van der Waals surface area (Å²) in [5.41, 5.74) is 3.17. The van der Waals surface area contributed by atoms with Crippen molar-refractivity contribution in [3.63, 3.8) is 0 Å². The fourth-order valence-corrected chi connectivity index (χ4v) is 1.61. The highest BCUT2D eigenvalue weighted by molar-refractivity contribution is 6.30. The van der Waals surface area contributed by atoms with Gasteiger partial charge in [-0.05, 0) is 17.7 Å². The maximum atomic E-state index is 13.4. The molecular weight excluding hydrogens is 257 g/mol. The summed E-state index contributed by atoms with van der Waals surface area (Å²) in [6.07, 6.45) is 1.04. The van der Waals surface area contributed by atoms with Crippen LogP contribution in [-0.2, 0) is 6.54 Å². The predicted molar refractivity (Wildman–Crippen MR) is 68.6 cm³/mol. The van der Waals surface area contributed by atoms with Gasteiger partial charge in [0, 0.05) is 11.6 Å². The molecule has 1 heterocycles. The van der Waals surface area contributed by atoms with Crippen molar-refractivity contribution in [2.45, 2.75) is 6.54 Å². The van der Waals surface area contributed by atoms with Gasteiger partial charge in [-0.3, -0.25) is 5.43 Å². The van der Waals surface area contributed by atoms with Crippen molar-refractivity contribution in [2.24, 2.45) is 5.84 Å². The van der Waals surface area contributed by atoms with Crippen molar-refractivity contribution in [3.05, 3.63) is 46.9 Å². The van der Waals surface area contributed by atoms with Crippen LogP contribution in [0, 0.1) is 5.82 Å². The van der Waals surface area contributed by atoms with E-state index in [2.05, 4.69) is 20.7 Å². The number of nitrogens with one attached hydrogen (secondary N) is 2. The Hall–Kier alpha value is -1.92. The number of aromatic nitrogens is 2. The Morgan fingerprint density at radius 2 is 2.22 bits per heavy atom. The van der Waals surface area contributed by atoms with Gasteiger partial charge in [-0.1, -0.05) is 23.7 Å². The first-order chi connectivity index (χ1) is 8.69. The summed E-state index contributed by atoms with van der Waals surface area (Å²) < 4.78 is 13.4. The number of anilines is 2. The average Bonchev–Trinajstić information content (AvgIpc) is 2.38. The number of benzene rings is 1. The van der Waals surface area contributed by atoms with Gasteiger partial charge >= 0.3 is 0 Å². The van der Waals surface area contributed by atoms with Gasteiger partial charge in [-0.15, -0.1) is 0 Å². The summed E-state index contributed by atoms with van der Waals surface area (Å²) in [4.78, 5) is 7.51. The topological polar surface area (TPSA) is 75.9 Å². The van der Waals surface area contributed by atoms with Crippen LogP contribution in [0.2, 0.25) is 5.02 Å². The van der Waals surface area contributed by atoms with Gasteiger partial charge < -0.3 is 5.32 Å². The summed E-state index contributed by atoms with van der Waals surface area (Å²) in [7, 11) is 0. The number of nitrogen functional groups attached to an aromatic ring is 1. The third-order valence-corrected chi connectivity index (χ3v) is 2.46. The highest BCUT2D eigenvalue weighted by Crippen LogP contribution is 2.15. The molecule has 5 nitrogen and oxygen atoms in total. The van der Waals surface area contributed by atoms with E-state index in [1.54, 1.807) is 12.1 Å². The molecule has 1 aromatic carbocycles. The highest BCUT2D eigenvalue weighted by Gasteiger charge is 2.06. The van der Waals surface area contributed by atoms with E-state index >= 15 is 0 Å². The number of hydrogen-bond donors (Lipinski definition) is 3. The van der Waals surface area contributed by atoms with E-state index in [1.165, 1.54) is 0 Å². The second-order valence-corrected chi connectivity index (χ2v) is 3.95. The number of nitrogens with two attached hydrogens (primary N) is 1. The Kier molecular flexibility index (Phi) is 3.91. The second kappa shape index (κ2) is 5.61. The maximum Gasteiger partial charge on any atom is 0.239 e. The van der Waals surface area contributed by atoms with Crippen LogP contribution in [0.15, 0.2) is 30.5 Å². The van der Waals surface area contributed by atoms with Crippen molar-refractivity contribution >= 4 is 23.4 Å². The van der Waals surface area contributed by atoms with Crippen molar-refractivity contribution in [1.29, 1.82) is 0 Å². The first kappa shape index (κ1) is 12.5. The van der Waals surface area contributed by atoms with Crippen molar-refractivity contribution in [1.82, 2.24) is 9.97 Å².